The Morgan fingerprint density at radius 2 is 1.63 bits per heavy atom. The van der Waals surface area contributed by atoms with E-state index in [9.17, 15) is 0 Å². The van der Waals surface area contributed by atoms with Crippen LogP contribution < -0.4 is 10.6 Å². The van der Waals surface area contributed by atoms with Gasteiger partial charge in [-0.05, 0) is 42.9 Å². The molecule has 0 bridgehead atoms. The summed E-state index contributed by atoms with van der Waals surface area (Å²) < 4.78 is 0. The first-order chi connectivity index (χ1) is 9.10. The third kappa shape index (κ3) is 3.11. The molecule has 2 nitrogen and oxygen atoms in total. The summed E-state index contributed by atoms with van der Waals surface area (Å²) >= 11 is 0. The van der Waals surface area contributed by atoms with Crippen LogP contribution >= 0.6 is 0 Å². The first-order valence-corrected chi connectivity index (χ1v) is 7.71. The van der Waals surface area contributed by atoms with Gasteiger partial charge in [-0.1, -0.05) is 38.8 Å². The normalized spacial score (nSPS) is 20.3. The van der Waals surface area contributed by atoms with Gasteiger partial charge in [-0.2, -0.15) is 0 Å². The van der Waals surface area contributed by atoms with E-state index in [2.05, 4.69) is 43.0 Å². The number of nitrogens with zero attached hydrogens (tertiary/aromatic N) is 1. The van der Waals surface area contributed by atoms with Gasteiger partial charge in [-0.25, -0.2) is 0 Å². The number of rotatable bonds is 4. The lowest BCUT2D eigenvalue weighted by Gasteiger charge is -2.42. The van der Waals surface area contributed by atoms with Crippen molar-refractivity contribution in [3.8, 4) is 0 Å². The van der Waals surface area contributed by atoms with Crippen LogP contribution in [0.4, 0.5) is 5.69 Å². The zero-order valence-electron chi connectivity index (χ0n) is 12.7. The Hall–Kier alpha value is -1.02. The zero-order valence-corrected chi connectivity index (χ0v) is 12.7. The summed E-state index contributed by atoms with van der Waals surface area (Å²) in [4.78, 5) is 2.52. The van der Waals surface area contributed by atoms with E-state index in [1.165, 1.54) is 50.0 Å². The van der Waals surface area contributed by atoms with E-state index in [1.54, 1.807) is 0 Å². The van der Waals surface area contributed by atoms with Crippen LogP contribution in [0.5, 0.6) is 0 Å². The molecule has 1 atom stereocenters. The Bertz CT molecular complexity index is 380. The molecule has 1 aliphatic rings. The average molecular weight is 260 g/mol. The Kier molecular flexibility index (Phi) is 4.51. The molecule has 1 saturated heterocycles. The summed E-state index contributed by atoms with van der Waals surface area (Å²) in [6, 6.07) is 8.92. The van der Waals surface area contributed by atoms with Crippen molar-refractivity contribution in [1.29, 1.82) is 0 Å². The van der Waals surface area contributed by atoms with Crippen molar-refractivity contribution in [2.45, 2.75) is 52.5 Å². The van der Waals surface area contributed by atoms with Crippen molar-refractivity contribution in [2.24, 2.45) is 11.1 Å². The van der Waals surface area contributed by atoms with Crippen molar-refractivity contribution in [1.82, 2.24) is 0 Å². The SMILES string of the molecule is CCC1(CC)CCN(c2ccc([C@H](C)N)cc2)CC1. The molecule has 0 spiro atoms. The van der Waals surface area contributed by atoms with Gasteiger partial charge in [0.05, 0.1) is 0 Å². The second kappa shape index (κ2) is 5.96. The smallest absolute Gasteiger partial charge is 0.0366 e. The number of anilines is 1. The second-order valence-electron chi connectivity index (χ2n) is 6.07. The van der Waals surface area contributed by atoms with E-state index in [-0.39, 0.29) is 6.04 Å². The number of hydrogen-bond donors (Lipinski definition) is 1. The average Bonchev–Trinajstić information content (AvgIpc) is 2.47. The molecule has 1 fully saturated rings. The Labute approximate surface area is 118 Å². The van der Waals surface area contributed by atoms with Crippen molar-refractivity contribution >= 4 is 5.69 Å². The summed E-state index contributed by atoms with van der Waals surface area (Å²) in [7, 11) is 0. The van der Waals surface area contributed by atoms with Gasteiger partial charge >= 0.3 is 0 Å². The van der Waals surface area contributed by atoms with Crippen LogP contribution in [0.15, 0.2) is 24.3 Å². The van der Waals surface area contributed by atoms with Gasteiger partial charge in [0.2, 0.25) is 0 Å². The molecule has 106 valence electrons. The van der Waals surface area contributed by atoms with Crippen LogP contribution in [0.25, 0.3) is 0 Å². The number of hydrogen-bond acceptors (Lipinski definition) is 2. The predicted octanol–water partition coefficient (Wildman–Crippen LogP) is 4.11. The Morgan fingerprint density at radius 1 is 1.11 bits per heavy atom. The van der Waals surface area contributed by atoms with Crippen molar-refractivity contribution in [3.05, 3.63) is 29.8 Å². The minimum Gasteiger partial charge on any atom is -0.371 e. The van der Waals surface area contributed by atoms with Gasteiger partial charge in [-0.3, -0.25) is 0 Å². The van der Waals surface area contributed by atoms with Crippen molar-refractivity contribution < 1.29 is 0 Å². The summed E-state index contributed by atoms with van der Waals surface area (Å²) in [5.74, 6) is 0. The highest BCUT2D eigenvalue weighted by atomic mass is 15.1. The molecule has 1 aromatic rings. The van der Waals surface area contributed by atoms with Gasteiger partial charge in [0, 0.05) is 24.8 Å². The summed E-state index contributed by atoms with van der Waals surface area (Å²) in [6.45, 7) is 9.11. The molecule has 1 aliphatic heterocycles. The predicted molar refractivity (Wildman–Crippen MR) is 83.5 cm³/mol. The van der Waals surface area contributed by atoms with Crippen molar-refractivity contribution in [3.63, 3.8) is 0 Å². The van der Waals surface area contributed by atoms with E-state index in [0.717, 1.165) is 0 Å². The van der Waals surface area contributed by atoms with Crippen LogP contribution in [0.1, 0.15) is 58.1 Å². The van der Waals surface area contributed by atoms with Crippen molar-refractivity contribution in [2.75, 3.05) is 18.0 Å². The quantitative estimate of drug-likeness (QED) is 0.882. The zero-order chi connectivity index (χ0) is 13.9. The molecule has 0 aliphatic carbocycles. The highest BCUT2D eigenvalue weighted by Gasteiger charge is 2.31. The first-order valence-electron chi connectivity index (χ1n) is 7.71. The summed E-state index contributed by atoms with van der Waals surface area (Å²) in [5, 5.41) is 0. The van der Waals surface area contributed by atoms with E-state index in [1.807, 2.05) is 6.92 Å². The third-order valence-electron chi connectivity index (χ3n) is 5.11. The van der Waals surface area contributed by atoms with Gasteiger partial charge < -0.3 is 10.6 Å². The third-order valence-corrected chi connectivity index (χ3v) is 5.11. The Balaban J connectivity index is 2.01. The fraction of sp³-hybridized carbons (Fsp3) is 0.647. The lowest BCUT2D eigenvalue weighted by molar-refractivity contribution is 0.199. The topological polar surface area (TPSA) is 29.3 Å². The van der Waals surface area contributed by atoms with Gasteiger partial charge in [-0.15, -0.1) is 0 Å². The molecule has 19 heavy (non-hydrogen) atoms. The van der Waals surface area contributed by atoms with Crippen LogP contribution in [0, 0.1) is 5.41 Å². The number of piperidine rings is 1. The maximum Gasteiger partial charge on any atom is 0.0366 e. The molecule has 0 aromatic heterocycles. The van der Waals surface area contributed by atoms with Crippen LogP contribution in [0.3, 0.4) is 0 Å². The van der Waals surface area contributed by atoms with Gasteiger partial charge in [0.25, 0.3) is 0 Å². The molecule has 0 amide bonds. The molecule has 2 rings (SSSR count). The summed E-state index contributed by atoms with van der Waals surface area (Å²) in [6.07, 6.45) is 5.30. The molecular formula is C17H28N2. The largest absolute Gasteiger partial charge is 0.371 e. The fourth-order valence-corrected chi connectivity index (χ4v) is 3.19. The van der Waals surface area contributed by atoms with E-state index >= 15 is 0 Å². The first kappa shape index (κ1) is 14.4. The van der Waals surface area contributed by atoms with Crippen LogP contribution in [-0.4, -0.2) is 13.1 Å². The highest BCUT2D eigenvalue weighted by molar-refractivity contribution is 5.48. The fourth-order valence-electron chi connectivity index (χ4n) is 3.19. The van der Waals surface area contributed by atoms with E-state index in [4.69, 9.17) is 5.73 Å². The maximum atomic E-state index is 5.90. The molecule has 0 saturated carbocycles. The molecule has 0 radical (unpaired) electrons. The van der Waals surface area contributed by atoms with Crippen LogP contribution in [0.2, 0.25) is 0 Å². The second-order valence-corrected chi connectivity index (χ2v) is 6.07. The van der Waals surface area contributed by atoms with Crippen LogP contribution in [-0.2, 0) is 0 Å². The molecule has 1 aromatic carbocycles. The van der Waals surface area contributed by atoms with Gasteiger partial charge in [0.15, 0.2) is 0 Å². The number of benzene rings is 1. The summed E-state index contributed by atoms with van der Waals surface area (Å²) in [5.41, 5.74) is 9.07. The maximum absolute atomic E-state index is 5.90. The van der Waals surface area contributed by atoms with Gasteiger partial charge in [0.1, 0.15) is 0 Å². The van der Waals surface area contributed by atoms with E-state index < -0.39 is 0 Å². The highest BCUT2D eigenvalue weighted by Crippen LogP contribution is 2.39. The molecule has 0 unspecified atom stereocenters. The van der Waals surface area contributed by atoms with E-state index in [0.29, 0.717) is 5.41 Å². The Morgan fingerprint density at radius 3 is 2.05 bits per heavy atom. The molecule has 1 heterocycles. The standard InChI is InChI=1S/C17H28N2/c1-4-17(5-2)10-12-19(13-11-17)16-8-6-15(7-9-16)14(3)18/h6-9,14H,4-5,10-13,18H2,1-3H3/t14-/m0/s1. The minimum absolute atomic E-state index is 0.128. The molecule has 2 heteroatoms. The minimum atomic E-state index is 0.128. The monoisotopic (exact) mass is 260 g/mol. The molecule has 2 N–H and O–H groups in total. The lowest BCUT2D eigenvalue weighted by atomic mass is 9.74. The molecular weight excluding hydrogens is 232 g/mol. The number of nitrogens with two attached hydrogens (primary N) is 1. The lowest BCUT2D eigenvalue weighted by Crippen LogP contribution is -2.39.